The molecule has 0 aliphatic heterocycles. The first-order valence-electron chi connectivity index (χ1n) is 12.7. The van der Waals surface area contributed by atoms with Crippen LogP contribution >= 0.6 is 11.6 Å². The van der Waals surface area contributed by atoms with E-state index in [9.17, 15) is 10.5 Å². The second kappa shape index (κ2) is 9.91. The number of nitrogens with zero attached hydrogens (tertiary/aromatic N) is 2. The van der Waals surface area contributed by atoms with Crippen molar-refractivity contribution < 1.29 is 0 Å². The summed E-state index contributed by atoms with van der Waals surface area (Å²) in [5, 5.41) is 21.0. The number of fused-ring (bicyclic) bond motifs is 3. The lowest BCUT2D eigenvalue weighted by atomic mass is 9.50. The van der Waals surface area contributed by atoms with Crippen molar-refractivity contribution in [1.82, 2.24) is 0 Å². The Morgan fingerprint density at radius 2 is 1.45 bits per heavy atom. The molecule has 2 bridgehead atoms. The van der Waals surface area contributed by atoms with Crippen LogP contribution in [0.25, 0.3) is 0 Å². The van der Waals surface area contributed by atoms with Crippen LogP contribution in [0.1, 0.15) is 105 Å². The van der Waals surface area contributed by atoms with Crippen molar-refractivity contribution >= 4 is 11.6 Å². The number of hydrogen-bond acceptors (Lipinski definition) is 2. The second-order valence-corrected chi connectivity index (χ2v) is 10.9. The summed E-state index contributed by atoms with van der Waals surface area (Å²) in [6, 6.07) is 15.5. The molecule has 0 N–H and O–H groups in total. The van der Waals surface area contributed by atoms with Crippen molar-refractivity contribution in [3.8, 4) is 12.1 Å². The van der Waals surface area contributed by atoms with Gasteiger partial charge in [0.2, 0.25) is 0 Å². The summed E-state index contributed by atoms with van der Waals surface area (Å²) < 4.78 is 0. The maximum absolute atomic E-state index is 10.1. The first-order chi connectivity index (χ1) is 16.0. The fourth-order valence-corrected chi connectivity index (χ4v) is 6.91. The van der Waals surface area contributed by atoms with E-state index in [2.05, 4.69) is 56.3 Å². The van der Waals surface area contributed by atoms with Gasteiger partial charge in [0.25, 0.3) is 0 Å². The highest BCUT2D eigenvalue weighted by molar-refractivity contribution is 6.31. The van der Waals surface area contributed by atoms with Crippen molar-refractivity contribution in [2.75, 3.05) is 0 Å². The summed E-state index contributed by atoms with van der Waals surface area (Å²) in [5.74, 6) is 0. The fourth-order valence-electron chi connectivity index (χ4n) is 6.61. The van der Waals surface area contributed by atoms with Gasteiger partial charge in [0.1, 0.15) is 12.1 Å². The van der Waals surface area contributed by atoms with Gasteiger partial charge in [0, 0.05) is 5.02 Å². The molecular weight excluding hydrogens is 424 g/mol. The predicted octanol–water partition coefficient (Wildman–Crippen LogP) is 8.21. The van der Waals surface area contributed by atoms with Gasteiger partial charge < -0.3 is 0 Å². The first kappa shape index (κ1) is 23.9. The van der Waals surface area contributed by atoms with Crippen molar-refractivity contribution in [3.05, 3.63) is 68.7 Å². The van der Waals surface area contributed by atoms with Crippen LogP contribution in [0.3, 0.4) is 0 Å². The summed E-state index contributed by atoms with van der Waals surface area (Å²) in [6.07, 6.45) is 13.5. The number of aryl methyl sites for hydroxylation is 3. The van der Waals surface area contributed by atoms with E-state index in [4.69, 9.17) is 11.6 Å². The molecule has 0 radical (unpaired) electrons. The summed E-state index contributed by atoms with van der Waals surface area (Å²) in [7, 11) is 0. The van der Waals surface area contributed by atoms with Crippen LogP contribution in [0.5, 0.6) is 0 Å². The number of benzene rings is 2. The minimum Gasteiger partial charge on any atom is -0.192 e. The van der Waals surface area contributed by atoms with Crippen LogP contribution < -0.4 is 0 Å². The van der Waals surface area contributed by atoms with Crippen LogP contribution in [-0.2, 0) is 24.7 Å². The van der Waals surface area contributed by atoms with Crippen molar-refractivity contribution in [2.24, 2.45) is 5.41 Å². The molecule has 0 atom stereocenters. The van der Waals surface area contributed by atoms with Crippen LogP contribution in [0.15, 0.2) is 30.3 Å². The second-order valence-electron chi connectivity index (χ2n) is 10.5. The SMILES string of the molecule is CCCc1ccc(CCc2ccc(C34CCC(CCC)(CC3)CC4)c(C#N)c2C#N)cc1Cl. The lowest BCUT2D eigenvalue weighted by molar-refractivity contribution is 0.0319. The molecule has 3 heteroatoms. The van der Waals surface area contributed by atoms with Crippen LogP contribution in [0.4, 0.5) is 0 Å². The molecule has 0 amide bonds. The van der Waals surface area contributed by atoms with E-state index in [0.717, 1.165) is 61.1 Å². The molecule has 0 spiro atoms. The molecule has 0 aromatic heterocycles. The molecule has 2 aromatic rings. The summed E-state index contributed by atoms with van der Waals surface area (Å²) in [4.78, 5) is 0. The largest absolute Gasteiger partial charge is 0.192 e. The molecule has 3 fully saturated rings. The molecule has 172 valence electrons. The Morgan fingerprint density at radius 1 is 0.788 bits per heavy atom. The Morgan fingerprint density at radius 3 is 2.03 bits per heavy atom. The van der Waals surface area contributed by atoms with Gasteiger partial charge in [0.05, 0.1) is 11.1 Å². The standard InChI is InChI=1S/C30H35ClN2/c1-3-5-24-9-7-22(19-28(24)31)6-8-23-10-11-27(26(21-33)25(23)20-32)30-16-13-29(12-4-2,14-17-30)15-18-30/h7,9-11,19H,3-6,8,12-18H2,1-2H3. The maximum atomic E-state index is 10.1. The Kier molecular flexibility index (Phi) is 7.16. The average Bonchev–Trinajstić information content (AvgIpc) is 2.84. The zero-order valence-electron chi connectivity index (χ0n) is 20.1. The van der Waals surface area contributed by atoms with Gasteiger partial charge in [-0.15, -0.1) is 0 Å². The van der Waals surface area contributed by atoms with Crippen molar-refractivity contribution in [3.63, 3.8) is 0 Å². The molecule has 5 rings (SSSR count). The van der Waals surface area contributed by atoms with Crippen molar-refractivity contribution in [1.29, 1.82) is 10.5 Å². The Balaban J connectivity index is 1.57. The molecule has 0 heterocycles. The van der Waals surface area contributed by atoms with E-state index < -0.39 is 0 Å². The third-order valence-electron chi connectivity index (χ3n) is 8.59. The van der Waals surface area contributed by atoms with Gasteiger partial charge in [-0.3, -0.25) is 0 Å². The molecule has 3 saturated carbocycles. The highest BCUT2D eigenvalue weighted by Crippen LogP contribution is 2.60. The van der Waals surface area contributed by atoms with Gasteiger partial charge in [-0.1, -0.05) is 62.6 Å². The van der Waals surface area contributed by atoms with Gasteiger partial charge in [-0.2, -0.15) is 10.5 Å². The first-order valence-corrected chi connectivity index (χ1v) is 13.1. The van der Waals surface area contributed by atoms with Gasteiger partial charge in [-0.25, -0.2) is 0 Å². The third kappa shape index (κ3) is 4.56. The number of hydrogen-bond donors (Lipinski definition) is 0. The van der Waals surface area contributed by atoms with E-state index in [1.165, 1.54) is 43.2 Å². The molecule has 2 aromatic carbocycles. The van der Waals surface area contributed by atoms with Gasteiger partial charge in [-0.05, 0) is 103 Å². The molecule has 33 heavy (non-hydrogen) atoms. The maximum Gasteiger partial charge on any atom is 0.101 e. The molecule has 3 aliphatic rings. The van der Waals surface area contributed by atoms with E-state index in [1.807, 2.05) is 0 Å². The van der Waals surface area contributed by atoms with E-state index in [-0.39, 0.29) is 5.41 Å². The summed E-state index contributed by atoms with van der Waals surface area (Å²) >= 11 is 6.47. The normalized spacial score (nSPS) is 23.8. The third-order valence-corrected chi connectivity index (χ3v) is 8.94. The highest BCUT2D eigenvalue weighted by Gasteiger charge is 2.49. The lowest BCUT2D eigenvalue weighted by Gasteiger charge is -2.54. The smallest absolute Gasteiger partial charge is 0.101 e. The van der Waals surface area contributed by atoms with Crippen LogP contribution in [-0.4, -0.2) is 0 Å². The van der Waals surface area contributed by atoms with Crippen molar-refractivity contribution in [2.45, 2.75) is 96.3 Å². The molecule has 0 saturated heterocycles. The summed E-state index contributed by atoms with van der Waals surface area (Å²) in [6.45, 7) is 4.45. The molecular formula is C30H35ClN2. The Labute approximate surface area is 204 Å². The van der Waals surface area contributed by atoms with E-state index in [1.54, 1.807) is 0 Å². The Bertz CT molecular complexity index is 1080. The zero-order valence-corrected chi connectivity index (χ0v) is 20.9. The lowest BCUT2D eigenvalue weighted by Crippen LogP contribution is -2.44. The quantitative estimate of drug-likeness (QED) is 0.400. The van der Waals surface area contributed by atoms with Crippen LogP contribution in [0.2, 0.25) is 5.02 Å². The summed E-state index contributed by atoms with van der Waals surface area (Å²) in [5.41, 5.74) is 6.35. The fraction of sp³-hybridized carbons (Fsp3) is 0.533. The number of rotatable bonds is 8. The molecule has 3 aliphatic carbocycles. The average molecular weight is 459 g/mol. The number of halogens is 1. The zero-order chi connectivity index (χ0) is 23.5. The highest BCUT2D eigenvalue weighted by atomic mass is 35.5. The Hall–Kier alpha value is -2.29. The van der Waals surface area contributed by atoms with Gasteiger partial charge in [0.15, 0.2) is 0 Å². The topological polar surface area (TPSA) is 47.6 Å². The van der Waals surface area contributed by atoms with Crippen LogP contribution in [0, 0.1) is 28.1 Å². The minimum absolute atomic E-state index is 0.0906. The molecule has 2 nitrogen and oxygen atoms in total. The predicted molar refractivity (Wildman–Crippen MR) is 135 cm³/mol. The van der Waals surface area contributed by atoms with E-state index >= 15 is 0 Å². The monoisotopic (exact) mass is 458 g/mol. The van der Waals surface area contributed by atoms with E-state index in [0.29, 0.717) is 16.5 Å². The number of nitriles is 2. The van der Waals surface area contributed by atoms with Gasteiger partial charge >= 0.3 is 0 Å². The minimum atomic E-state index is 0.0906. The molecule has 0 unspecified atom stereocenters.